The van der Waals surface area contributed by atoms with Gasteiger partial charge in [-0.15, -0.1) is 0 Å². The highest BCUT2D eigenvalue weighted by Gasteiger charge is 2.36. The van der Waals surface area contributed by atoms with Crippen LogP contribution in [0, 0.1) is 17.8 Å². The van der Waals surface area contributed by atoms with Gasteiger partial charge < -0.3 is 9.64 Å². The van der Waals surface area contributed by atoms with Gasteiger partial charge in [-0.2, -0.15) is 0 Å². The Bertz CT molecular complexity index is 585. The molecular weight excluding hydrogens is 310 g/mol. The number of likely N-dealkylation sites (tertiary alicyclic amines) is 1. The molecule has 0 bridgehead atoms. The molecule has 2 saturated carbocycles. The van der Waals surface area contributed by atoms with E-state index in [0.717, 1.165) is 49.9 Å². The molecule has 3 fully saturated rings. The van der Waals surface area contributed by atoms with Gasteiger partial charge in [0.2, 0.25) is 5.91 Å². The normalized spacial score (nSPS) is 30.1. The third-order valence-corrected chi connectivity index (χ3v) is 7.02. The first-order chi connectivity index (χ1) is 12.2. The van der Waals surface area contributed by atoms with Gasteiger partial charge in [0.1, 0.15) is 5.75 Å². The molecule has 1 heterocycles. The van der Waals surface area contributed by atoms with Crippen molar-refractivity contribution in [2.45, 2.75) is 57.3 Å². The number of amides is 1. The topological polar surface area (TPSA) is 29.5 Å². The minimum absolute atomic E-state index is 0.297. The van der Waals surface area contributed by atoms with Crippen LogP contribution in [0.5, 0.6) is 5.75 Å². The van der Waals surface area contributed by atoms with Crippen molar-refractivity contribution in [2.75, 3.05) is 20.2 Å². The molecule has 1 saturated heterocycles. The summed E-state index contributed by atoms with van der Waals surface area (Å²) in [5.74, 6) is 4.03. The molecule has 136 valence electrons. The van der Waals surface area contributed by atoms with Gasteiger partial charge in [0.15, 0.2) is 0 Å². The van der Waals surface area contributed by atoms with E-state index in [1.54, 1.807) is 7.11 Å². The van der Waals surface area contributed by atoms with Gasteiger partial charge in [-0.1, -0.05) is 31.4 Å². The Labute approximate surface area is 151 Å². The fourth-order valence-corrected chi connectivity index (χ4v) is 5.12. The number of carbonyl (C=O) groups excluding carboxylic acids is 1. The molecule has 0 N–H and O–H groups in total. The largest absolute Gasteiger partial charge is 0.497 e. The summed E-state index contributed by atoms with van der Waals surface area (Å²) in [5.41, 5.74) is 1.34. The predicted octanol–water partition coefficient (Wildman–Crippen LogP) is 4.62. The minimum atomic E-state index is 0.297. The van der Waals surface area contributed by atoms with Gasteiger partial charge >= 0.3 is 0 Å². The average Bonchev–Trinajstić information content (AvgIpc) is 3.10. The molecule has 1 atom stereocenters. The Morgan fingerprint density at radius 2 is 1.64 bits per heavy atom. The quantitative estimate of drug-likeness (QED) is 0.800. The number of hydrogen-bond acceptors (Lipinski definition) is 2. The molecule has 4 rings (SSSR count). The fourth-order valence-electron chi connectivity index (χ4n) is 5.12. The third-order valence-electron chi connectivity index (χ3n) is 7.02. The van der Waals surface area contributed by atoms with Gasteiger partial charge in [-0.3, -0.25) is 4.79 Å². The highest BCUT2D eigenvalue weighted by atomic mass is 16.5. The maximum absolute atomic E-state index is 12.9. The molecule has 1 aromatic carbocycles. The molecule has 25 heavy (non-hydrogen) atoms. The number of carbonyl (C=O) groups is 1. The summed E-state index contributed by atoms with van der Waals surface area (Å²) < 4.78 is 5.24. The van der Waals surface area contributed by atoms with Crippen molar-refractivity contribution >= 4 is 5.91 Å². The van der Waals surface area contributed by atoms with E-state index in [-0.39, 0.29) is 0 Å². The van der Waals surface area contributed by atoms with Gasteiger partial charge in [-0.25, -0.2) is 0 Å². The number of rotatable bonds is 4. The maximum atomic E-state index is 12.9. The second-order valence-corrected chi connectivity index (χ2v) is 8.35. The Morgan fingerprint density at radius 3 is 2.24 bits per heavy atom. The molecule has 3 aliphatic rings. The number of nitrogens with zero attached hydrogens (tertiary/aromatic N) is 1. The van der Waals surface area contributed by atoms with Crippen LogP contribution in [-0.4, -0.2) is 31.0 Å². The zero-order valence-corrected chi connectivity index (χ0v) is 15.5. The molecule has 0 spiro atoms. The fraction of sp³-hybridized carbons (Fsp3) is 0.682. The van der Waals surface area contributed by atoms with Gasteiger partial charge in [-0.05, 0) is 61.6 Å². The van der Waals surface area contributed by atoms with Crippen LogP contribution in [0.4, 0.5) is 0 Å². The van der Waals surface area contributed by atoms with Crippen LogP contribution in [0.2, 0.25) is 0 Å². The first-order valence-corrected chi connectivity index (χ1v) is 10.2. The Morgan fingerprint density at radius 1 is 0.960 bits per heavy atom. The number of hydrogen-bond donors (Lipinski definition) is 0. The lowest BCUT2D eigenvalue weighted by Gasteiger charge is -2.38. The summed E-state index contributed by atoms with van der Waals surface area (Å²) in [6.07, 6.45) is 10.2. The first kappa shape index (κ1) is 16.9. The summed E-state index contributed by atoms with van der Waals surface area (Å²) in [4.78, 5) is 15.1. The molecule has 0 aromatic heterocycles. The van der Waals surface area contributed by atoms with E-state index in [1.807, 2.05) is 12.1 Å². The lowest BCUT2D eigenvalue weighted by atomic mass is 9.68. The smallest absolute Gasteiger partial charge is 0.225 e. The zero-order valence-electron chi connectivity index (χ0n) is 15.5. The summed E-state index contributed by atoms with van der Waals surface area (Å²) in [6, 6.07) is 8.37. The molecule has 1 aliphatic heterocycles. The third kappa shape index (κ3) is 3.56. The van der Waals surface area contributed by atoms with Crippen molar-refractivity contribution in [1.29, 1.82) is 0 Å². The molecule has 3 heteroatoms. The predicted molar refractivity (Wildman–Crippen MR) is 99.7 cm³/mol. The Balaban J connectivity index is 1.29. The van der Waals surface area contributed by atoms with Crippen LogP contribution in [0.3, 0.4) is 0 Å². The summed E-state index contributed by atoms with van der Waals surface area (Å²) in [5, 5.41) is 0. The van der Waals surface area contributed by atoms with Crippen molar-refractivity contribution in [2.24, 2.45) is 17.8 Å². The summed E-state index contributed by atoms with van der Waals surface area (Å²) >= 11 is 0. The second-order valence-electron chi connectivity index (χ2n) is 8.35. The van der Waals surface area contributed by atoms with Crippen molar-refractivity contribution in [3.05, 3.63) is 29.8 Å². The molecular formula is C22H31NO2. The first-order valence-electron chi connectivity index (χ1n) is 10.2. The second kappa shape index (κ2) is 7.39. The van der Waals surface area contributed by atoms with Crippen molar-refractivity contribution in [3.63, 3.8) is 0 Å². The summed E-state index contributed by atoms with van der Waals surface area (Å²) in [7, 11) is 1.70. The average molecular weight is 341 g/mol. The van der Waals surface area contributed by atoms with Crippen molar-refractivity contribution < 1.29 is 9.53 Å². The summed E-state index contributed by atoms with van der Waals surface area (Å²) in [6.45, 7) is 1.83. The number of methoxy groups -OCH3 is 1. The molecule has 1 unspecified atom stereocenters. The highest BCUT2D eigenvalue weighted by molar-refractivity contribution is 5.79. The molecule has 2 aliphatic carbocycles. The van der Waals surface area contributed by atoms with Crippen LogP contribution in [0.25, 0.3) is 0 Å². The Hall–Kier alpha value is -1.51. The lowest BCUT2D eigenvalue weighted by molar-refractivity contribution is -0.136. The number of ether oxygens (including phenoxy) is 1. The van der Waals surface area contributed by atoms with E-state index >= 15 is 0 Å². The van der Waals surface area contributed by atoms with E-state index in [9.17, 15) is 4.79 Å². The maximum Gasteiger partial charge on any atom is 0.225 e. The standard InChI is InChI=1S/C22H31NO2/c1-25-21-11-9-18(10-12-21)20-13-14-23(15-20)22(24)19-7-5-17(6-8-19)16-3-2-4-16/h9-12,16-17,19-20H,2-8,13-15H2,1H3. The molecule has 3 nitrogen and oxygen atoms in total. The van der Waals surface area contributed by atoms with Gasteiger partial charge in [0, 0.05) is 24.9 Å². The van der Waals surface area contributed by atoms with E-state index in [1.165, 1.54) is 37.7 Å². The Kier molecular flexibility index (Phi) is 5.00. The van der Waals surface area contributed by atoms with Crippen LogP contribution in [0.15, 0.2) is 24.3 Å². The van der Waals surface area contributed by atoms with Crippen LogP contribution >= 0.6 is 0 Å². The van der Waals surface area contributed by atoms with Crippen molar-refractivity contribution in [1.82, 2.24) is 4.90 Å². The van der Waals surface area contributed by atoms with Crippen LogP contribution in [0.1, 0.15) is 62.8 Å². The molecule has 1 aromatic rings. The molecule has 1 amide bonds. The van der Waals surface area contributed by atoms with Crippen LogP contribution in [-0.2, 0) is 4.79 Å². The zero-order chi connectivity index (χ0) is 17.2. The van der Waals surface area contributed by atoms with E-state index in [2.05, 4.69) is 17.0 Å². The molecule has 0 radical (unpaired) electrons. The van der Waals surface area contributed by atoms with E-state index < -0.39 is 0 Å². The monoisotopic (exact) mass is 341 g/mol. The van der Waals surface area contributed by atoms with E-state index in [0.29, 0.717) is 17.7 Å². The van der Waals surface area contributed by atoms with Gasteiger partial charge in [0.25, 0.3) is 0 Å². The van der Waals surface area contributed by atoms with Gasteiger partial charge in [0.05, 0.1) is 7.11 Å². The minimum Gasteiger partial charge on any atom is -0.497 e. The highest BCUT2D eigenvalue weighted by Crippen LogP contribution is 2.43. The van der Waals surface area contributed by atoms with Crippen molar-refractivity contribution in [3.8, 4) is 5.75 Å². The number of benzene rings is 1. The SMILES string of the molecule is COc1ccc(C2CCN(C(=O)C3CCC(C4CCC4)CC3)C2)cc1. The van der Waals surface area contributed by atoms with E-state index in [4.69, 9.17) is 4.74 Å². The van der Waals surface area contributed by atoms with Crippen LogP contribution < -0.4 is 4.74 Å². The lowest BCUT2D eigenvalue weighted by Crippen LogP contribution is -2.37.